The third-order valence-electron chi connectivity index (χ3n) is 0.425. The highest BCUT2D eigenvalue weighted by Crippen LogP contribution is 1.91. The number of thiophene rings is 1. The first-order chi connectivity index (χ1) is 4.50. The van der Waals surface area contributed by atoms with Crippen molar-refractivity contribution in [3.63, 3.8) is 0 Å². The molecular formula is C4H6O4S2. The summed E-state index contributed by atoms with van der Waals surface area (Å²) in [5, 5.41) is 4.08. The molecule has 0 aromatic carbocycles. The second-order valence-electron chi connectivity index (χ2n) is 1.24. The molecule has 1 aromatic rings. The maximum atomic E-state index is 8.74. The molecule has 1 rings (SSSR count). The summed E-state index contributed by atoms with van der Waals surface area (Å²) < 4.78 is 31.6. The van der Waals surface area contributed by atoms with Crippen molar-refractivity contribution in [3.05, 3.63) is 22.9 Å². The van der Waals surface area contributed by atoms with Crippen molar-refractivity contribution in [2.24, 2.45) is 0 Å². The molecule has 0 saturated heterocycles. The minimum atomic E-state index is -4.67. The van der Waals surface area contributed by atoms with Crippen molar-refractivity contribution in [1.29, 1.82) is 0 Å². The van der Waals surface area contributed by atoms with Gasteiger partial charge in [-0.05, 0) is 10.8 Å². The lowest BCUT2D eigenvalue weighted by molar-refractivity contribution is 0.381. The van der Waals surface area contributed by atoms with Gasteiger partial charge in [0.1, 0.15) is 0 Å². The zero-order valence-electron chi connectivity index (χ0n) is 4.84. The highest BCUT2D eigenvalue weighted by Gasteiger charge is 1.84. The lowest BCUT2D eigenvalue weighted by atomic mass is 10.7. The average molecular weight is 182 g/mol. The zero-order chi connectivity index (χ0) is 8.04. The van der Waals surface area contributed by atoms with Gasteiger partial charge < -0.3 is 0 Å². The second kappa shape index (κ2) is 4.40. The Morgan fingerprint density at radius 3 is 1.50 bits per heavy atom. The van der Waals surface area contributed by atoms with Crippen molar-refractivity contribution >= 4 is 21.7 Å². The lowest BCUT2D eigenvalue weighted by Crippen LogP contribution is -1.89. The second-order valence-corrected chi connectivity index (χ2v) is 2.95. The molecule has 0 bridgehead atoms. The molecule has 6 heteroatoms. The van der Waals surface area contributed by atoms with Gasteiger partial charge in [0.15, 0.2) is 0 Å². The Bertz CT molecular complexity index is 211. The van der Waals surface area contributed by atoms with Gasteiger partial charge in [-0.15, -0.1) is 0 Å². The fourth-order valence-corrected chi connectivity index (χ4v) is 0.680. The minimum absolute atomic E-state index is 1.71. The van der Waals surface area contributed by atoms with Crippen LogP contribution in [0.2, 0.25) is 0 Å². The van der Waals surface area contributed by atoms with Gasteiger partial charge in [-0.2, -0.15) is 19.8 Å². The predicted molar refractivity (Wildman–Crippen MR) is 38.5 cm³/mol. The summed E-state index contributed by atoms with van der Waals surface area (Å²) in [4.78, 5) is 0. The zero-order valence-corrected chi connectivity index (χ0v) is 6.47. The van der Waals surface area contributed by atoms with Crippen LogP contribution in [0.5, 0.6) is 0 Å². The van der Waals surface area contributed by atoms with Gasteiger partial charge in [-0.25, -0.2) is 0 Å². The van der Waals surface area contributed by atoms with E-state index in [1.165, 1.54) is 0 Å². The van der Waals surface area contributed by atoms with Crippen molar-refractivity contribution < 1.29 is 17.5 Å². The van der Waals surface area contributed by atoms with E-state index < -0.39 is 10.4 Å². The predicted octanol–water partition coefficient (Wildman–Crippen LogP) is 1.10. The molecule has 0 saturated carbocycles. The van der Waals surface area contributed by atoms with Crippen LogP contribution in [0.25, 0.3) is 0 Å². The first kappa shape index (κ1) is 9.57. The van der Waals surface area contributed by atoms with Gasteiger partial charge in [-0.3, -0.25) is 9.11 Å². The molecule has 0 aliphatic rings. The van der Waals surface area contributed by atoms with E-state index in [1.54, 1.807) is 11.3 Å². The van der Waals surface area contributed by atoms with Crippen LogP contribution in [-0.4, -0.2) is 17.5 Å². The van der Waals surface area contributed by atoms with Gasteiger partial charge in [0.05, 0.1) is 0 Å². The smallest absolute Gasteiger partial charge is 0.264 e. The van der Waals surface area contributed by atoms with E-state index in [9.17, 15) is 0 Å². The fraction of sp³-hybridized carbons (Fsp3) is 0. The molecule has 1 aromatic heterocycles. The molecular weight excluding hydrogens is 176 g/mol. The highest BCUT2D eigenvalue weighted by atomic mass is 32.3. The first-order valence-corrected chi connectivity index (χ1v) is 4.51. The average Bonchev–Trinajstić information content (AvgIpc) is 2.07. The Hall–Kier alpha value is -0.430. The van der Waals surface area contributed by atoms with E-state index in [-0.39, 0.29) is 0 Å². The Balaban J connectivity index is 0.000000162. The summed E-state index contributed by atoms with van der Waals surface area (Å²) in [7, 11) is -4.67. The monoisotopic (exact) mass is 182 g/mol. The number of hydrogen-bond donors (Lipinski definition) is 2. The van der Waals surface area contributed by atoms with Crippen LogP contribution in [0.15, 0.2) is 22.9 Å². The molecule has 2 N–H and O–H groups in total. The molecule has 58 valence electrons. The van der Waals surface area contributed by atoms with Crippen LogP contribution in [0, 0.1) is 0 Å². The van der Waals surface area contributed by atoms with E-state index in [0.717, 1.165) is 0 Å². The standard InChI is InChI=1S/C4H4S.H2O4S/c1-2-4-5-3-1;1-5(2,3)4/h1-4H;(H2,1,2,3,4). The molecule has 0 fully saturated rings. The van der Waals surface area contributed by atoms with E-state index in [0.29, 0.717) is 0 Å². The molecule has 0 unspecified atom stereocenters. The van der Waals surface area contributed by atoms with Crippen LogP contribution in [0.4, 0.5) is 0 Å². The highest BCUT2D eigenvalue weighted by molar-refractivity contribution is 7.79. The maximum absolute atomic E-state index is 8.74. The summed E-state index contributed by atoms with van der Waals surface area (Å²) >= 11 is 1.71. The van der Waals surface area contributed by atoms with Crippen LogP contribution < -0.4 is 0 Å². The quantitative estimate of drug-likeness (QED) is 0.589. The SMILES string of the molecule is O=S(=O)(O)O.c1ccsc1. The number of hydrogen-bond acceptors (Lipinski definition) is 3. The normalized spacial score (nSPS) is 9.80. The van der Waals surface area contributed by atoms with E-state index >= 15 is 0 Å². The molecule has 0 aliphatic heterocycles. The fourth-order valence-electron chi connectivity index (χ4n) is 0.227. The van der Waals surface area contributed by atoms with Crippen molar-refractivity contribution in [3.8, 4) is 0 Å². The van der Waals surface area contributed by atoms with Crippen LogP contribution in [-0.2, 0) is 10.4 Å². The topological polar surface area (TPSA) is 74.6 Å². The van der Waals surface area contributed by atoms with Gasteiger partial charge in [0.2, 0.25) is 0 Å². The van der Waals surface area contributed by atoms with Crippen molar-refractivity contribution in [2.45, 2.75) is 0 Å². The molecule has 1 heterocycles. The van der Waals surface area contributed by atoms with Gasteiger partial charge >= 0.3 is 10.4 Å². The first-order valence-electron chi connectivity index (χ1n) is 2.17. The van der Waals surface area contributed by atoms with Gasteiger partial charge in [0.25, 0.3) is 0 Å². The molecule has 0 radical (unpaired) electrons. The third-order valence-corrected chi connectivity index (χ3v) is 1.05. The number of rotatable bonds is 0. The summed E-state index contributed by atoms with van der Waals surface area (Å²) in [6.07, 6.45) is 0. The van der Waals surface area contributed by atoms with Crippen LogP contribution in [0.1, 0.15) is 0 Å². The van der Waals surface area contributed by atoms with E-state index in [2.05, 4.69) is 0 Å². The van der Waals surface area contributed by atoms with Crippen LogP contribution >= 0.6 is 11.3 Å². The minimum Gasteiger partial charge on any atom is -0.264 e. The Labute approximate surface area is 62.7 Å². The summed E-state index contributed by atoms with van der Waals surface area (Å²) in [5.41, 5.74) is 0. The third kappa shape index (κ3) is 15.6. The molecule has 0 atom stereocenters. The molecule has 0 spiro atoms. The molecule has 0 aliphatic carbocycles. The lowest BCUT2D eigenvalue weighted by Gasteiger charge is -1.68. The summed E-state index contributed by atoms with van der Waals surface area (Å²) in [6, 6.07) is 4.04. The Kier molecular flexibility index (Phi) is 4.21. The van der Waals surface area contributed by atoms with Crippen molar-refractivity contribution in [1.82, 2.24) is 0 Å². The van der Waals surface area contributed by atoms with Gasteiger partial charge in [0, 0.05) is 0 Å². The van der Waals surface area contributed by atoms with Gasteiger partial charge in [-0.1, -0.05) is 12.1 Å². The Morgan fingerprint density at radius 1 is 1.10 bits per heavy atom. The van der Waals surface area contributed by atoms with Crippen LogP contribution in [0.3, 0.4) is 0 Å². The van der Waals surface area contributed by atoms with E-state index in [1.807, 2.05) is 22.9 Å². The van der Waals surface area contributed by atoms with E-state index in [4.69, 9.17) is 17.5 Å². The largest absolute Gasteiger partial charge is 0.394 e. The maximum Gasteiger partial charge on any atom is 0.394 e. The molecule has 4 nitrogen and oxygen atoms in total. The van der Waals surface area contributed by atoms with Crippen molar-refractivity contribution in [2.75, 3.05) is 0 Å². The summed E-state index contributed by atoms with van der Waals surface area (Å²) in [6.45, 7) is 0. The Morgan fingerprint density at radius 2 is 1.40 bits per heavy atom. The molecule has 0 amide bonds. The molecule has 10 heavy (non-hydrogen) atoms. The summed E-state index contributed by atoms with van der Waals surface area (Å²) in [5.74, 6) is 0.